The molecule has 2 nitrogen and oxygen atoms in total. The van der Waals surface area contributed by atoms with Crippen LogP contribution in [0.5, 0.6) is 0 Å². The van der Waals surface area contributed by atoms with Crippen molar-refractivity contribution in [2.45, 2.75) is 19.4 Å². The average molecular weight is 569 g/mol. The number of Topliss-reactive ketones (excluding diaryl/α,β-unsaturated/α-hetero) is 1. The summed E-state index contributed by atoms with van der Waals surface area (Å²) in [4.78, 5) is 10.7. The summed E-state index contributed by atoms with van der Waals surface area (Å²) >= 11 is 11.4. The van der Waals surface area contributed by atoms with E-state index in [-0.39, 0.29) is 45.8 Å². The van der Waals surface area contributed by atoms with Gasteiger partial charge in [0.1, 0.15) is 5.60 Å². The zero-order valence-corrected chi connectivity index (χ0v) is 23.6. The Hall–Kier alpha value is -1.66. The van der Waals surface area contributed by atoms with Gasteiger partial charge in [0.05, 0.1) is 0 Å². The molecule has 4 rings (SSSR count). The zero-order chi connectivity index (χ0) is 23.4. The maximum Gasteiger partial charge on any atom is 2.00 e. The number of ketones is 1. The molecule has 0 saturated carbocycles. The SMILES string of the molecule is CC(=O)c1ccc(Cl)cc1.CC(O)(c1ccccc1)c1ccc(Cl)cc1.[Br-].[Mg+2].[c-]1ccccc1. The van der Waals surface area contributed by atoms with Crippen LogP contribution in [0.1, 0.15) is 35.3 Å². The van der Waals surface area contributed by atoms with E-state index in [1.165, 1.54) is 6.92 Å². The van der Waals surface area contributed by atoms with E-state index in [2.05, 4.69) is 6.07 Å². The van der Waals surface area contributed by atoms with Gasteiger partial charge in [-0.25, -0.2) is 0 Å². The number of carbonyl (C=O) groups is 1. The van der Waals surface area contributed by atoms with Gasteiger partial charge >= 0.3 is 23.1 Å². The molecule has 4 aromatic carbocycles. The third-order valence-electron chi connectivity index (χ3n) is 4.60. The minimum Gasteiger partial charge on any atom is -1.00 e. The molecule has 1 unspecified atom stereocenters. The Kier molecular flexibility index (Phi) is 16.1. The number of benzene rings is 4. The van der Waals surface area contributed by atoms with Crippen LogP contribution in [0.25, 0.3) is 0 Å². The van der Waals surface area contributed by atoms with Crippen LogP contribution >= 0.6 is 23.2 Å². The molecule has 34 heavy (non-hydrogen) atoms. The standard InChI is InChI=1S/C14H13ClO.C8H7ClO.C6H5.BrH.Mg/c1-14(16,11-5-3-2-4-6-11)12-7-9-13(15)10-8-12;1-6(10)7-2-4-8(9)5-3-7;1-2-4-6-5-3-1;;/h2-10,16H,1H3;2-5H,1H3;1-5H;1H;/q;;-1;;+2/p-1. The molecule has 0 aromatic heterocycles. The molecule has 0 aliphatic rings. The minimum atomic E-state index is -0.980. The van der Waals surface area contributed by atoms with Crippen molar-refractivity contribution >= 4 is 52.0 Å². The van der Waals surface area contributed by atoms with Gasteiger partial charge in [-0.05, 0) is 61.4 Å². The van der Waals surface area contributed by atoms with Gasteiger partial charge in [-0.2, -0.15) is 36.4 Å². The largest absolute Gasteiger partial charge is 2.00 e. The minimum absolute atomic E-state index is 0. The number of carbonyl (C=O) groups excluding carboxylic acids is 1. The van der Waals surface area contributed by atoms with E-state index in [4.69, 9.17) is 23.2 Å². The van der Waals surface area contributed by atoms with Gasteiger partial charge in [0, 0.05) is 15.6 Å². The van der Waals surface area contributed by atoms with Crippen molar-refractivity contribution < 1.29 is 26.9 Å². The van der Waals surface area contributed by atoms with Gasteiger partial charge in [-0.15, -0.1) is 0 Å². The molecule has 1 N–H and O–H groups in total. The van der Waals surface area contributed by atoms with Crippen molar-refractivity contribution in [1.29, 1.82) is 0 Å². The number of halogens is 3. The summed E-state index contributed by atoms with van der Waals surface area (Å²) in [5.41, 5.74) is 1.43. The topological polar surface area (TPSA) is 37.3 Å². The van der Waals surface area contributed by atoms with Crippen LogP contribution in [-0.2, 0) is 5.60 Å². The second-order valence-electron chi connectivity index (χ2n) is 7.09. The molecule has 0 saturated heterocycles. The normalized spacial score (nSPS) is 11.0. The predicted octanol–water partition coefficient (Wildman–Crippen LogP) is 4.25. The summed E-state index contributed by atoms with van der Waals surface area (Å²) in [6.07, 6.45) is 0. The van der Waals surface area contributed by atoms with Crippen LogP contribution in [0.15, 0.2) is 109 Å². The first-order valence-corrected chi connectivity index (χ1v) is 10.8. The first kappa shape index (κ1) is 32.3. The maximum atomic E-state index is 10.7. The van der Waals surface area contributed by atoms with Gasteiger partial charge < -0.3 is 22.1 Å². The Bertz CT molecular complexity index is 1050. The fourth-order valence-corrected chi connectivity index (χ4v) is 2.98. The van der Waals surface area contributed by atoms with Crippen LogP contribution in [0.3, 0.4) is 0 Å². The second kappa shape index (κ2) is 16.9. The van der Waals surface area contributed by atoms with Crippen LogP contribution in [0.2, 0.25) is 10.0 Å². The smallest absolute Gasteiger partial charge is 1.00 e. The Morgan fingerprint density at radius 2 is 1.15 bits per heavy atom. The molecule has 0 aliphatic heterocycles. The summed E-state index contributed by atoms with van der Waals surface area (Å²) in [6.45, 7) is 3.31. The first-order chi connectivity index (χ1) is 15.3. The van der Waals surface area contributed by atoms with E-state index in [0.717, 1.165) is 11.1 Å². The molecule has 4 aromatic rings. The molecule has 0 heterocycles. The van der Waals surface area contributed by atoms with Crippen LogP contribution in [0.4, 0.5) is 0 Å². The average Bonchev–Trinajstić information content (AvgIpc) is 2.82. The van der Waals surface area contributed by atoms with Crippen molar-refractivity contribution in [3.63, 3.8) is 0 Å². The Morgan fingerprint density at radius 3 is 1.53 bits per heavy atom. The van der Waals surface area contributed by atoms with Crippen molar-refractivity contribution in [1.82, 2.24) is 0 Å². The summed E-state index contributed by atoms with van der Waals surface area (Å²) in [6, 6.07) is 36.2. The summed E-state index contributed by atoms with van der Waals surface area (Å²) in [7, 11) is 0. The Morgan fingerprint density at radius 1 is 0.735 bits per heavy atom. The predicted molar refractivity (Wildman–Crippen MR) is 139 cm³/mol. The van der Waals surface area contributed by atoms with E-state index >= 15 is 0 Å². The first-order valence-electron chi connectivity index (χ1n) is 10.0. The van der Waals surface area contributed by atoms with Gasteiger partial charge in [-0.1, -0.05) is 65.7 Å². The second-order valence-corrected chi connectivity index (χ2v) is 7.96. The van der Waals surface area contributed by atoms with Gasteiger partial charge in [0.15, 0.2) is 5.78 Å². The van der Waals surface area contributed by atoms with Gasteiger partial charge in [-0.3, -0.25) is 4.79 Å². The number of hydrogen-bond donors (Lipinski definition) is 1. The molecule has 0 amide bonds. The Labute approximate surface area is 238 Å². The fraction of sp³-hybridized carbons (Fsp3) is 0.107. The molecule has 6 heteroatoms. The van der Waals surface area contributed by atoms with E-state index in [9.17, 15) is 9.90 Å². The van der Waals surface area contributed by atoms with Crippen LogP contribution in [0, 0.1) is 6.07 Å². The molecular weight excluding hydrogens is 543 g/mol. The van der Waals surface area contributed by atoms with E-state index in [1.54, 1.807) is 43.3 Å². The van der Waals surface area contributed by atoms with Crippen LogP contribution < -0.4 is 17.0 Å². The Balaban J connectivity index is 0.000000520. The zero-order valence-electron chi connectivity index (χ0n) is 19.1. The molecule has 0 fully saturated rings. The quantitative estimate of drug-likeness (QED) is 0.228. The number of rotatable bonds is 3. The van der Waals surface area contributed by atoms with Crippen molar-refractivity contribution in [2.24, 2.45) is 0 Å². The van der Waals surface area contributed by atoms with E-state index in [1.807, 2.05) is 72.8 Å². The van der Waals surface area contributed by atoms with E-state index < -0.39 is 5.60 Å². The summed E-state index contributed by atoms with van der Waals surface area (Å²) < 4.78 is 0. The third kappa shape index (κ3) is 11.2. The fourth-order valence-electron chi connectivity index (χ4n) is 2.73. The van der Waals surface area contributed by atoms with Crippen molar-refractivity contribution in [3.05, 3.63) is 142 Å². The van der Waals surface area contributed by atoms with Crippen LogP contribution in [-0.4, -0.2) is 33.9 Å². The van der Waals surface area contributed by atoms with Crippen molar-refractivity contribution in [3.8, 4) is 0 Å². The molecule has 0 bridgehead atoms. The maximum absolute atomic E-state index is 10.7. The van der Waals surface area contributed by atoms with E-state index in [0.29, 0.717) is 15.6 Å². The number of hydrogen-bond acceptors (Lipinski definition) is 2. The molecule has 0 spiro atoms. The van der Waals surface area contributed by atoms with Gasteiger partial charge in [0.25, 0.3) is 0 Å². The molecule has 1 atom stereocenters. The molecule has 172 valence electrons. The number of aliphatic hydroxyl groups is 1. The molecule has 0 radical (unpaired) electrons. The van der Waals surface area contributed by atoms with Crippen molar-refractivity contribution in [2.75, 3.05) is 0 Å². The monoisotopic (exact) mass is 566 g/mol. The molecular formula is C28H25BrCl2MgO2. The summed E-state index contributed by atoms with van der Waals surface area (Å²) in [5, 5.41) is 11.8. The third-order valence-corrected chi connectivity index (χ3v) is 5.10. The van der Waals surface area contributed by atoms with Gasteiger partial charge in [0.2, 0.25) is 0 Å². The summed E-state index contributed by atoms with van der Waals surface area (Å²) in [5.74, 6) is 0.0664. The molecule has 0 aliphatic carbocycles.